The van der Waals surface area contributed by atoms with Crippen molar-refractivity contribution in [3.8, 4) is 0 Å². The number of benzene rings is 2. The van der Waals surface area contributed by atoms with Crippen LogP contribution in [0.2, 0.25) is 0 Å². The van der Waals surface area contributed by atoms with E-state index in [1.165, 1.54) is 12.1 Å². The molecule has 0 heterocycles. The Labute approximate surface area is 194 Å². The molecule has 0 atom stereocenters. The number of hydrogen-bond donors (Lipinski definition) is 0. The highest BCUT2D eigenvalue weighted by Crippen LogP contribution is 2.54. The zero-order chi connectivity index (χ0) is 25.3. The molecule has 1 aliphatic carbocycles. The molecular formula is C24H24F6O3S. The number of rotatable bonds is 8. The van der Waals surface area contributed by atoms with Gasteiger partial charge in [0.15, 0.2) is 9.84 Å². The molecule has 0 unspecified atom stereocenters. The summed E-state index contributed by atoms with van der Waals surface area (Å²) in [7, 11) is -4.01. The lowest BCUT2D eigenvalue weighted by atomic mass is 9.88. The van der Waals surface area contributed by atoms with Gasteiger partial charge < -0.3 is 4.74 Å². The van der Waals surface area contributed by atoms with E-state index < -0.39 is 44.7 Å². The minimum Gasteiger partial charge on any atom is -0.354 e. The van der Waals surface area contributed by atoms with Crippen LogP contribution < -0.4 is 0 Å². The van der Waals surface area contributed by atoms with Gasteiger partial charge in [-0.05, 0) is 37.0 Å². The summed E-state index contributed by atoms with van der Waals surface area (Å²) in [4.78, 5) is 0.0191. The molecule has 2 aromatic rings. The fraction of sp³-hybridized carbons (Fsp3) is 0.417. The maximum absolute atomic E-state index is 13.9. The SMILES string of the molecule is CCCCOC(c1ccc(C2(S(=O)(=O)c3ccccc3)CC=CC2)cc1)(C(F)(F)F)C(F)(F)F. The van der Waals surface area contributed by atoms with Crippen molar-refractivity contribution in [3.63, 3.8) is 0 Å². The maximum atomic E-state index is 13.9. The number of unbranched alkanes of at least 4 members (excludes halogenated alkanes) is 1. The van der Waals surface area contributed by atoms with Gasteiger partial charge in [-0.3, -0.25) is 0 Å². The van der Waals surface area contributed by atoms with Gasteiger partial charge in [-0.1, -0.05) is 68.0 Å². The molecule has 0 radical (unpaired) electrons. The van der Waals surface area contributed by atoms with E-state index >= 15 is 0 Å². The largest absolute Gasteiger partial charge is 0.430 e. The number of sulfone groups is 1. The second kappa shape index (κ2) is 9.37. The Bertz CT molecular complexity index is 1080. The number of allylic oxidation sites excluding steroid dienone is 2. The average molecular weight is 507 g/mol. The highest BCUT2D eigenvalue weighted by molar-refractivity contribution is 7.92. The molecule has 3 nitrogen and oxygen atoms in total. The van der Waals surface area contributed by atoms with Gasteiger partial charge in [0.25, 0.3) is 5.60 Å². The van der Waals surface area contributed by atoms with Crippen molar-refractivity contribution in [2.45, 2.75) is 60.2 Å². The molecule has 0 amide bonds. The van der Waals surface area contributed by atoms with Crippen molar-refractivity contribution >= 4 is 9.84 Å². The van der Waals surface area contributed by atoms with Crippen molar-refractivity contribution in [2.24, 2.45) is 0 Å². The molecule has 0 saturated heterocycles. The van der Waals surface area contributed by atoms with Crippen LogP contribution in [0.15, 0.2) is 71.6 Å². The minimum atomic E-state index is -5.79. The van der Waals surface area contributed by atoms with Crippen molar-refractivity contribution < 1.29 is 39.5 Å². The van der Waals surface area contributed by atoms with Crippen molar-refractivity contribution in [2.75, 3.05) is 6.61 Å². The van der Waals surface area contributed by atoms with E-state index in [1.54, 1.807) is 37.3 Å². The van der Waals surface area contributed by atoms with Crippen LogP contribution in [0.25, 0.3) is 0 Å². The molecular weight excluding hydrogens is 482 g/mol. The standard InChI is InChI=1S/C24H24F6O3S/c1-2-3-17-33-22(23(25,26)27,24(28,29)30)19-13-11-18(12-14-19)21(15-7-8-16-21)34(31,32)20-9-5-4-6-10-20/h4-14H,2-3,15-17H2,1H3. The summed E-state index contributed by atoms with van der Waals surface area (Å²) >= 11 is 0. The smallest absolute Gasteiger partial charge is 0.354 e. The van der Waals surface area contributed by atoms with E-state index in [1.807, 2.05) is 0 Å². The summed E-state index contributed by atoms with van der Waals surface area (Å²) < 4.78 is 114. The molecule has 10 heteroatoms. The summed E-state index contributed by atoms with van der Waals surface area (Å²) in [6.07, 6.45) is -7.86. The first-order valence-electron chi connectivity index (χ1n) is 10.7. The average Bonchev–Trinajstić information content (AvgIpc) is 3.28. The quantitative estimate of drug-likeness (QED) is 0.224. The third-order valence-electron chi connectivity index (χ3n) is 6.06. The summed E-state index contributed by atoms with van der Waals surface area (Å²) in [6.45, 7) is 0.872. The van der Waals surface area contributed by atoms with Crippen molar-refractivity contribution in [1.29, 1.82) is 0 Å². The van der Waals surface area contributed by atoms with Gasteiger partial charge in [-0.2, -0.15) is 26.3 Å². The Morgan fingerprint density at radius 1 is 0.853 bits per heavy atom. The number of hydrogen-bond acceptors (Lipinski definition) is 3. The Hall–Kier alpha value is -2.33. The number of alkyl halides is 6. The van der Waals surface area contributed by atoms with E-state index in [4.69, 9.17) is 0 Å². The fourth-order valence-corrected chi connectivity index (χ4v) is 6.22. The lowest BCUT2D eigenvalue weighted by molar-refractivity contribution is -0.389. The first-order valence-corrected chi connectivity index (χ1v) is 12.1. The van der Waals surface area contributed by atoms with Gasteiger partial charge >= 0.3 is 12.4 Å². The first-order chi connectivity index (χ1) is 15.8. The third kappa shape index (κ3) is 4.26. The van der Waals surface area contributed by atoms with Gasteiger partial charge in [-0.15, -0.1) is 0 Å². The predicted molar refractivity (Wildman–Crippen MR) is 115 cm³/mol. The Morgan fingerprint density at radius 2 is 1.38 bits per heavy atom. The highest BCUT2D eigenvalue weighted by Gasteiger charge is 2.73. The normalized spacial score (nSPS) is 16.7. The van der Waals surface area contributed by atoms with Crippen molar-refractivity contribution in [1.82, 2.24) is 0 Å². The second-order valence-corrected chi connectivity index (χ2v) is 10.4. The highest BCUT2D eigenvalue weighted by atomic mass is 32.2. The van der Waals surface area contributed by atoms with Crippen LogP contribution in [0, 0.1) is 0 Å². The predicted octanol–water partition coefficient (Wildman–Crippen LogP) is 6.84. The van der Waals surface area contributed by atoms with Gasteiger partial charge in [0.05, 0.1) is 4.90 Å². The molecule has 34 heavy (non-hydrogen) atoms. The molecule has 0 saturated carbocycles. The zero-order valence-electron chi connectivity index (χ0n) is 18.3. The molecule has 0 bridgehead atoms. The maximum Gasteiger partial charge on any atom is 0.430 e. The van der Waals surface area contributed by atoms with Crippen LogP contribution in [0.1, 0.15) is 43.7 Å². The van der Waals surface area contributed by atoms with E-state index in [9.17, 15) is 34.8 Å². The second-order valence-electron chi connectivity index (χ2n) is 8.15. The van der Waals surface area contributed by atoms with Gasteiger partial charge in [0.1, 0.15) is 4.75 Å². The summed E-state index contributed by atoms with van der Waals surface area (Å²) in [5, 5.41) is 0. The van der Waals surface area contributed by atoms with Crippen LogP contribution in [-0.4, -0.2) is 27.4 Å². The van der Waals surface area contributed by atoms with Crippen LogP contribution in [0.5, 0.6) is 0 Å². The van der Waals surface area contributed by atoms with Crippen LogP contribution in [0.4, 0.5) is 26.3 Å². The van der Waals surface area contributed by atoms with Crippen molar-refractivity contribution in [3.05, 3.63) is 77.9 Å². The summed E-state index contributed by atoms with van der Waals surface area (Å²) in [5.74, 6) is 0. The lowest BCUT2D eigenvalue weighted by Crippen LogP contribution is -2.56. The molecule has 186 valence electrons. The molecule has 2 aromatic carbocycles. The Morgan fingerprint density at radius 3 is 1.85 bits per heavy atom. The molecule has 3 rings (SSSR count). The van der Waals surface area contributed by atoms with Crippen LogP contribution in [-0.2, 0) is 24.9 Å². The number of ether oxygens (including phenoxy) is 1. The van der Waals surface area contributed by atoms with E-state index in [2.05, 4.69) is 4.74 Å². The van der Waals surface area contributed by atoms with E-state index in [0.717, 1.165) is 12.1 Å². The Balaban J connectivity index is 2.12. The van der Waals surface area contributed by atoms with Gasteiger partial charge in [-0.25, -0.2) is 8.42 Å². The van der Waals surface area contributed by atoms with E-state index in [-0.39, 0.29) is 29.7 Å². The summed E-state index contributed by atoms with van der Waals surface area (Å²) in [6, 6.07) is 10.9. The van der Waals surface area contributed by atoms with Crippen LogP contribution >= 0.6 is 0 Å². The zero-order valence-corrected chi connectivity index (χ0v) is 19.1. The first kappa shape index (κ1) is 26.3. The van der Waals surface area contributed by atoms with Gasteiger partial charge in [0, 0.05) is 12.2 Å². The molecule has 1 aliphatic rings. The Kier molecular flexibility index (Phi) is 7.24. The minimum absolute atomic E-state index is 0.0100. The fourth-order valence-electron chi connectivity index (χ4n) is 4.18. The molecule has 0 aromatic heterocycles. The summed E-state index contributed by atoms with van der Waals surface area (Å²) in [5.41, 5.74) is -5.56. The third-order valence-corrected chi connectivity index (χ3v) is 8.55. The molecule has 0 fully saturated rings. The number of halogens is 6. The molecule has 0 N–H and O–H groups in total. The lowest BCUT2D eigenvalue weighted by Gasteiger charge is -2.38. The molecule has 0 aliphatic heterocycles. The topological polar surface area (TPSA) is 43.4 Å². The monoisotopic (exact) mass is 506 g/mol. The van der Waals surface area contributed by atoms with Gasteiger partial charge in [0.2, 0.25) is 0 Å². The molecule has 0 spiro atoms. The van der Waals surface area contributed by atoms with Crippen LogP contribution in [0.3, 0.4) is 0 Å². The van der Waals surface area contributed by atoms with E-state index in [0.29, 0.717) is 18.6 Å².